The van der Waals surface area contributed by atoms with Crippen molar-refractivity contribution in [1.82, 2.24) is 10.4 Å². The van der Waals surface area contributed by atoms with E-state index in [-0.39, 0.29) is 23.2 Å². The van der Waals surface area contributed by atoms with Crippen molar-refractivity contribution in [3.63, 3.8) is 0 Å². The zero-order valence-electron chi connectivity index (χ0n) is 17.9. The summed E-state index contributed by atoms with van der Waals surface area (Å²) in [4.78, 5) is 26.1. The van der Waals surface area contributed by atoms with Gasteiger partial charge in [-0.15, -0.1) is 0 Å². The van der Waals surface area contributed by atoms with Gasteiger partial charge in [0.2, 0.25) is 0 Å². The molecule has 0 fully saturated rings. The summed E-state index contributed by atoms with van der Waals surface area (Å²) in [5.41, 5.74) is 8.72. The first kappa shape index (κ1) is 23.4. The smallest absolute Gasteiger partial charge is 0.423 e. The Kier molecular flexibility index (Phi) is 6.89. The van der Waals surface area contributed by atoms with Gasteiger partial charge in [0, 0.05) is 16.7 Å². The maximum absolute atomic E-state index is 14.9. The summed E-state index contributed by atoms with van der Waals surface area (Å²) in [6.45, 7) is 12.4. The van der Waals surface area contributed by atoms with Crippen molar-refractivity contribution in [3.05, 3.63) is 64.7 Å². The zero-order chi connectivity index (χ0) is 22.8. The van der Waals surface area contributed by atoms with Crippen LogP contribution in [0.4, 0.5) is 4.39 Å². The van der Waals surface area contributed by atoms with Crippen LogP contribution in [0, 0.1) is 5.82 Å². The average Bonchev–Trinajstić information content (AvgIpc) is 2.98. The number of allylic oxidation sites excluding steroid dienone is 3. The molecule has 9 heteroatoms. The van der Waals surface area contributed by atoms with Gasteiger partial charge >= 0.3 is 7.12 Å². The minimum Gasteiger partial charge on any atom is -0.423 e. The lowest BCUT2D eigenvalue weighted by Gasteiger charge is -2.36. The molecule has 0 radical (unpaired) electrons. The van der Waals surface area contributed by atoms with E-state index in [1.165, 1.54) is 18.2 Å². The van der Waals surface area contributed by atoms with Crippen LogP contribution in [0.15, 0.2) is 47.7 Å². The highest BCUT2D eigenvalue weighted by molar-refractivity contribution is 6.61. The highest BCUT2D eigenvalue weighted by Gasteiger charge is 2.35. The molecule has 1 aromatic carbocycles. The maximum Gasteiger partial charge on any atom is 0.494 e. The number of carbonyl (C=O) groups excluding carboxylic acids is 2. The van der Waals surface area contributed by atoms with Crippen LogP contribution in [0.1, 0.15) is 50.5 Å². The predicted molar refractivity (Wildman–Crippen MR) is 114 cm³/mol. The number of fused-ring (bicyclic) bond motifs is 1. The molecule has 4 N–H and O–H groups in total. The Balaban J connectivity index is 2.42. The van der Waals surface area contributed by atoms with Crippen molar-refractivity contribution in [3.8, 4) is 0 Å². The van der Waals surface area contributed by atoms with Crippen molar-refractivity contribution in [2.45, 2.75) is 46.8 Å². The Hall–Kier alpha value is -2.91. The number of carbonyl (C=O) groups is 2. The zero-order valence-corrected chi connectivity index (χ0v) is 17.9. The molecule has 0 saturated carbocycles. The molecular weight excluding hydrogens is 388 g/mol. The lowest BCUT2D eigenvalue weighted by molar-refractivity contribution is -0.134. The van der Waals surface area contributed by atoms with Crippen molar-refractivity contribution >= 4 is 24.4 Å². The van der Waals surface area contributed by atoms with Gasteiger partial charge in [-0.3, -0.25) is 15.0 Å². The largest absolute Gasteiger partial charge is 0.494 e. The van der Waals surface area contributed by atoms with E-state index in [2.05, 4.69) is 12.0 Å². The van der Waals surface area contributed by atoms with Crippen LogP contribution < -0.4 is 16.6 Å². The predicted octanol–water partition coefficient (Wildman–Crippen LogP) is 1.68. The lowest BCUT2D eigenvalue weighted by atomic mass is 9.78. The summed E-state index contributed by atoms with van der Waals surface area (Å²) in [7, 11) is -1.43. The van der Waals surface area contributed by atoms with Crippen molar-refractivity contribution < 1.29 is 23.7 Å². The van der Waals surface area contributed by atoms with Crippen LogP contribution in [0.3, 0.4) is 0 Å². The molecule has 1 aliphatic heterocycles. The number of nitrogens with zero attached hydrogens (tertiary/aromatic N) is 1. The number of hydrogen-bond donors (Lipinski definition) is 3. The van der Waals surface area contributed by atoms with Crippen LogP contribution in [-0.2, 0) is 16.1 Å². The number of hydrogen-bond acceptors (Lipinski definition) is 5. The van der Waals surface area contributed by atoms with Crippen molar-refractivity contribution in [2.24, 2.45) is 5.73 Å². The quantitative estimate of drug-likeness (QED) is 0.301. The number of nitrogens with two attached hydrogens (primary N) is 1. The Morgan fingerprint density at radius 2 is 1.97 bits per heavy atom. The Morgan fingerprint density at radius 3 is 2.50 bits per heavy atom. The number of amides is 2. The Bertz CT molecular complexity index is 946. The highest BCUT2D eigenvalue weighted by atomic mass is 19.1. The molecule has 0 spiro atoms. The van der Waals surface area contributed by atoms with Gasteiger partial charge in [-0.1, -0.05) is 18.2 Å². The third kappa shape index (κ3) is 5.17. The van der Waals surface area contributed by atoms with Crippen molar-refractivity contribution in [1.29, 1.82) is 0 Å². The molecule has 30 heavy (non-hydrogen) atoms. The molecule has 0 bridgehead atoms. The number of rotatable bonds is 4. The summed E-state index contributed by atoms with van der Waals surface area (Å²) in [5.74, 6) is -2.25. The number of benzene rings is 1. The second-order valence-corrected chi connectivity index (χ2v) is 8.25. The molecule has 7 nitrogen and oxygen atoms in total. The summed E-state index contributed by atoms with van der Waals surface area (Å²) in [6, 6.07) is 2.81. The molecular formula is C21H27BFN3O4. The minimum atomic E-state index is -1.43. The Labute approximate surface area is 176 Å². The Morgan fingerprint density at radius 1 is 1.33 bits per heavy atom. The molecule has 1 aliphatic rings. The molecule has 0 atom stereocenters. The fourth-order valence-electron chi connectivity index (χ4n) is 2.94. The van der Waals surface area contributed by atoms with Crippen LogP contribution in [-0.4, -0.2) is 34.5 Å². The molecule has 1 heterocycles. The van der Waals surface area contributed by atoms with Gasteiger partial charge in [0.1, 0.15) is 5.82 Å². The van der Waals surface area contributed by atoms with Gasteiger partial charge in [0.05, 0.1) is 17.7 Å². The van der Waals surface area contributed by atoms with Gasteiger partial charge in [-0.25, -0.2) is 9.40 Å². The lowest BCUT2D eigenvalue weighted by Crippen LogP contribution is -2.56. The van der Waals surface area contributed by atoms with E-state index in [0.29, 0.717) is 16.8 Å². The molecule has 0 aliphatic carbocycles. The van der Waals surface area contributed by atoms with E-state index < -0.39 is 30.3 Å². The number of hydrazine groups is 1. The van der Waals surface area contributed by atoms with Gasteiger partial charge < -0.3 is 15.4 Å². The monoisotopic (exact) mass is 415 g/mol. The first-order valence-electron chi connectivity index (χ1n) is 9.40. The van der Waals surface area contributed by atoms with Gasteiger partial charge in [0.25, 0.3) is 11.8 Å². The molecule has 2 rings (SSSR count). The third-order valence-electron chi connectivity index (χ3n) is 4.28. The van der Waals surface area contributed by atoms with Gasteiger partial charge in [-0.05, 0) is 58.4 Å². The first-order valence-corrected chi connectivity index (χ1v) is 9.40. The summed E-state index contributed by atoms with van der Waals surface area (Å²) in [5, 5.41) is 10.9. The van der Waals surface area contributed by atoms with E-state index in [1.807, 2.05) is 0 Å². The normalized spacial score (nSPS) is 14.4. The molecule has 0 saturated heterocycles. The summed E-state index contributed by atoms with van der Waals surface area (Å²) < 4.78 is 19.9. The molecule has 1 aromatic rings. The second-order valence-electron chi connectivity index (χ2n) is 8.25. The number of halogens is 1. The van der Waals surface area contributed by atoms with Crippen LogP contribution in [0.5, 0.6) is 0 Å². The van der Waals surface area contributed by atoms with E-state index in [1.54, 1.807) is 40.7 Å². The van der Waals surface area contributed by atoms with Gasteiger partial charge in [-0.2, -0.15) is 0 Å². The minimum absolute atomic E-state index is 0.0573. The standard InChI is InChI=1S/C21H27BFN3O4/c1-12(2)9-15(10-13(3)24)20(28)26(21(4,5)6)25-19(27)16-8-7-14-11-30-22(29)17(14)18(16)23/h7-10,29H,1,11,24H2,2-6H3,(H,25,27)/b13-10-,15-9+. The SMILES string of the molecule is C=C(C)/C=C(\C=C(\C)N)C(=O)N(NC(=O)c1ccc2c(c1F)B(O)OC2)C(C)(C)C. The topological polar surface area (TPSA) is 105 Å². The molecule has 2 amide bonds. The van der Waals surface area contributed by atoms with E-state index in [0.717, 1.165) is 5.01 Å². The molecule has 0 unspecified atom stereocenters. The third-order valence-corrected chi connectivity index (χ3v) is 4.28. The van der Waals surface area contributed by atoms with E-state index >= 15 is 0 Å². The maximum atomic E-state index is 14.9. The molecule has 160 valence electrons. The van der Waals surface area contributed by atoms with Crippen LogP contribution >= 0.6 is 0 Å². The number of nitrogens with one attached hydrogen (secondary N) is 1. The molecule has 0 aromatic heterocycles. The fourth-order valence-corrected chi connectivity index (χ4v) is 2.94. The van der Waals surface area contributed by atoms with E-state index in [9.17, 15) is 19.0 Å². The van der Waals surface area contributed by atoms with Crippen molar-refractivity contribution in [2.75, 3.05) is 0 Å². The van der Waals surface area contributed by atoms with Crippen LogP contribution in [0.25, 0.3) is 0 Å². The highest BCUT2D eigenvalue weighted by Crippen LogP contribution is 2.19. The fraction of sp³-hybridized carbons (Fsp3) is 0.333. The first-order chi connectivity index (χ1) is 13.8. The average molecular weight is 415 g/mol. The summed E-state index contributed by atoms with van der Waals surface area (Å²) >= 11 is 0. The second kappa shape index (κ2) is 8.85. The van der Waals surface area contributed by atoms with Gasteiger partial charge in [0.15, 0.2) is 0 Å². The van der Waals surface area contributed by atoms with E-state index in [4.69, 9.17) is 10.4 Å². The van der Waals surface area contributed by atoms with Crippen LogP contribution in [0.2, 0.25) is 0 Å². The summed E-state index contributed by atoms with van der Waals surface area (Å²) in [6.07, 6.45) is 3.03.